The molecular weight excluding hydrogens is 118 g/mol. The molecule has 0 spiro atoms. The molecule has 1 heterocycles. The van der Waals surface area contributed by atoms with Crippen molar-refractivity contribution in [2.24, 2.45) is 4.99 Å². The van der Waals surface area contributed by atoms with Gasteiger partial charge in [0.05, 0.1) is 6.21 Å². The maximum Gasteiger partial charge on any atom is 0.239 e. The van der Waals surface area contributed by atoms with Crippen molar-refractivity contribution in [1.82, 2.24) is 0 Å². The van der Waals surface area contributed by atoms with Crippen LogP contribution in [0, 0.1) is 0 Å². The van der Waals surface area contributed by atoms with Gasteiger partial charge in [0.2, 0.25) is 11.6 Å². The van der Waals surface area contributed by atoms with Crippen molar-refractivity contribution in [3.05, 3.63) is 12.3 Å². The fourth-order valence-electron chi connectivity index (χ4n) is 0.504. The molecule has 9 heavy (non-hydrogen) atoms. The topological polar surface area (TPSA) is 46.5 Å². The molecule has 0 atom stereocenters. The molecule has 0 N–H and O–H groups in total. The lowest BCUT2D eigenvalue weighted by molar-refractivity contribution is -0.132. The lowest BCUT2D eigenvalue weighted by Crippen LogP contribution is -2.12. The van der Waals surface area contributed by atoms with E-state index in [1.807, 2.05) is 0 Å². The summed E-state index contributed by atoms with van der Waals surface area (Å²) >= 11 is 0. The second kappa shape index (κ2) is 2.35. The lowest BCUT2D eigenvalue weighted by Gasteiger charge is -1.82. The van der Waals surface area contributed by atoms with E-state index in [1.54, 1.807) is 6.08 Å². The fourth-order valence-corrected chi connectivity index (χ4v) is 0.504. The van der Waals surface area contributed by atoms with Gasteiger partial charge in [0, 0.05) is 12.6 Å². The van der Waals surface area contributed by atoms with Crippen molar-refractivity contribution in [3.8, 4) is 0 Å². The third-order valence-electron chi connectivity index (χ3n) is 0.961. The molecule has 0 aromatic carbocycles. The molecular formula is C6H5NO2. The summed E-state index contributed by atoms with van der Waals surface area (Å²) in [5, 5.41) is 0. The summed E-state index contributed by atoms with van der Waals surface area (Å²) in [5.41, 5.74) is 0. The van der Waals surface area contributed by atoms with Gasteiger partial charge < -0.3 is 0 Å². The van der Waals surface area contributed by atoms with Crippen molar-refractivity contribution in [2.45, 2.75) is 6.42 Å². The van der Waals surface area contributed by atoms with Crippen LogP contribution < -0.4 is 0 Å². The Bertz CT molecular complexity index is 203. The van der Waals surface area contributed by atoms with Crippen LogP contribution in [0.4, 0.5) is 0 Å². The average molecular weight is 123 g/mol. The number of allylic oxidation sites excluding steroid dienone is 1. The first kappa shape index (κ1) is 5.88. The summed E-state index contributed by atoms with van der Waals surface area (Å²) in [4.78, 5) is 24.5. The van der Waals surface area contributed by atoms with Gasteiger partial charge >= 0.3 is 0 Å². The summed E-state index contributed by atoms with van der Waals surface area (Å²) in [7, 11) is 0. The molecule has 1 rings (SSSR count). The Morgan fingerprint density at radius 3 is 3.00 bits per heavy atom. The highest BCUT2D eigenvalue weighted by Gasteiger charge is 2.09. The van der Waals surface area contributed by atoms with Gasteiger partial charge in [0.25, 0.3) is 0 Å². The molecule has 0 fully saturated rings. The Morgan fingerprint density at radius 1 is 1.44 bits per heavy atom. The van der Waals surface area contributed by atoms with Crippen LogP contribution in [0.5, 0.6) is 0 Å². The van der Waals surface area contributed by atoms with Gasteiger partial charge in [-0.05, 0) is 0 Å². The Kier molecular flexibility index (Phi) is 1.53. The maximum absolute atomic E-state index is 10.5. The van der Waals surface area contributed by atoms with Gasteiger partial charge in [-0.3, -0.25) is 14.6 Å². The second-order valence-electron chi connectivity index (χ2n) is 1.65. The second-order valence-corrected chi connectivity index (χ2v) is 1.65. The van der Waals surface area contributed by atoms with Crippen LogP contribution in [0.25, 0.3) is 0 Å². The Hall–Kier alpha value is -1.25. The first-order valence-electron chi connectivity index (χ1n) is 2.56. The molecule has 1 aliphatic heterocycles. The van der Waals surface area contributed by atoms with Crippen LogP contribution in [0.1, 0.15) is 6.42 Å². The molecule has 46 valence electrons. The van der Waals surface area contributed by atoms with E-state index in [4.69, 9.17) is 0 Å². The lowest BCUT2D eigenvalue weighted by atomic mass is 10.2. The first-order chi connectivity index (χ1) is 4.30. The van der Waals surface area contributed by atoms with E-state index in [-0.39, 0.29) is 6.42 Å². The molecule has 0 aliphatic carbocycles. The van der Waals surface area contributed by atoms with Gasteiger partial charge in [-0.1, -0.05) is 6.08 Å². The van der Waals surface area contributed by atoms with Crippen LogP contribution in [0.15, 0.2) is 17.3 Å². The highest BCUT2D eigenvalue weighted by molar-refractivity contribution is 6.59. The maximum atomic E-state index is 10.5. The smallest absolute Gasteiger partial charge is 0.239 e. The highest BCUT2D eigenvalue weighted by Crippen LogP contribution is 1.91. The number of ketones is 2. The molecule has 0 saturated heterocycles. The zero-order valence-electron chi connectivity index (χ0n) is 4.70. The van der Waals surface area contributed by atoms with E-state index in [2.05, 4.69) is 4.99 Å². The van der Waals surface area contributed by atoms with E-state index in [0.717, 1.165) is 6.21 Å². The number of hydrogen-bond acceptors (Lipinski definition) is 3. The van der Waals surface area contributed by atoms with E-state index in [9.17, 15) is 9.59 Å². The van der Waals surface area contributed by atoms with Crippen LogP contribution in [-0.2, 0) is 9.59 Å². The predicted molar refractivity (Wildman–Crippen MR) is 32.3 cm³/mol. The average Bonchev–Trinajstić information content (AvgIpc) is 1.99. The molecule has 3 heteroatoms. The molecule has 0 aromatic rings. The molecule has 0 saturated carbocycles. The predicted octanol–water partition coefficient (Wildman–Crippen LogP) is 0.113. The van der Waals surface area contributed by atoms with Crippen LogP contribution in [0.3, 0.4) is 0 Å². The molecule has 0 bridgehead atoms. The van der Waals surface area contributed by atoms with Crippen molar-refractivity contribution >= 4 is 17.8 Å². The third-order valence-corrected chi connectivity index (χ3v) is 0.961. The van der Waals surface area contributed by atoms with Crippen LogP contribution in [-0.4, -0.2) is 17.8 Å². The number of rotatable bonds is 0. The number of carbonyl (C=O) groups is 2. The first-order valence-corrected chi connectivity index (χ1v) is 2.56. The van der Waals surface area contributed by atoms with Gasteiger partial charge in [-0.2, -0.15) is 0 Å². The van der Waals surface area contributed by atoms with Gasteiger partial charge in [-0.15, -0.1) is 0 Å². The number of Topliss-reactive ketones (excluding diaryl/α,β-unsaturated/α-hetero) is 2. The summed E-state index contributed by atoms with van der Waals surface area (Å²) < 4.78 is 0. The van der Waals surface area contributed by atoms with E-state index in [1.165, 1.54) is 6.20 Å². The van der Waals surface area contributed by atoms with E-state index < -0.39 is 11.6 Å². The summed E-state index contributed by atoms with van der Waals surface area (Å²) in [6.07, 6.45) is 4.22. The van der Waals surface area contributed by atoms with E-state index in [0.29, 0.717) is 0 Å². The fraction of sp³-hybridized carbons (Fsp3) is 0.167. The Balaban J connectivity index is 2.81. The third kappa shape index (κ3) is 1.32. The molecule has 0 radical (unpaired) electrons. The largest absolute Gasteiger partial charge is 0.290 e. The quantitative estimate of drug-likeness (QED) is 0.429. The number of carbonyl (C=O) groups excluding carboxylic acids is 2. The SMILES string of the molecule is O=C1C=NC=CCC1=O. The number of nitrogens with zero attached hydrogens (tertiary/aromatic N) is 1. The van der Waals surface area contributed by atoms with Crippen molar-refractivity contribution < 1.29 is 9.59 Å². The van der Waals surface area contributed by atoms with Crippen LogP contribution in [0.2, 0.25) is 0 Å². The monoisotopic (exact) mass is 123 g/mol. The standard InChI is InChI=1S/C6H5NO2/c8-5-2-1-3-7-4-6(5)9/h1,3-4H,2H2. The molecule has 1 aliphatic rings. The van der Waals surface area contributed by atoms with Crippen LogP contribution >= 0.6 is 0 Å². The van der Waals surface area contributed by atoms with Crippen molar-refractivity contribution in [2.75, 3.05) is 0 Å². The van der Waals surface area contributed by atoms with Gasteiger partial charge in [0.1, 0.15) is 0 Å². The van der Waals surface area contributed by atoms with Gasteiger partial charge in [0.15, 0.2) is 0 Å². The zero-order valence-corrected chi connectivity index (χ0v) is 4.70. The van der Waals surface area contributed by atoms with Crippen molar-refractivity contribution in [1.29, 1.82) is 0 Å². The summed E-state index contributed by atoms with van der Waals surface area (Å²) in [6.45, 7) is 0. The number of aliphatic imine (C=N–C) groups is 1. The number of hydrogen-bond donors (Lipinski definition) is 0. The zero-order chi connectivity index (χ0) is 6.69. The van der Waals surface area contributed by atoms with Crippen molar-refractivity contribution in [3.63, 3.8) is 0 Å². The molecule has 0 aromatic heterocycles. The minimum absolute atomic E-state index is 0.179. The molecule has 0 unspecified atom stereocenters. The Morgan fingerprint density at radius 2 is 2.22 bits per heavy atom. The van der Waals surface area contributed by atoms with Gasteiger partial charge in [-0.25, -0.2) is 0 Å². The highest BCUT2D eigenvalue weighted by atomic mass is 16.2. The summed E-state index contributed by atoms with van der Waals surface area (Å²) in [6, 6.07) is 0. The minimum atomic E-state index is -0.514. The summed E-state index contributed by atoms with van der Waals surface area (Å²) in [5.74, 6) is -0.910. The molecule has 3 nitrogen and oxygen atoms in total. The minimum Gasteiger partial charge on any atom is -0.290 e. The Labute approximate surface area is 52.1 Å². The molecule has 0 amide bonds. The normalized spacial score (nSPS) is 18.2. The van der Waals surface area contributed by atoms with E-state index >= 15 is 0 Å².